The van der Waals surface area contributed by atoms with Crippen LogP contribution in [0.5, 0.6) is 0 Å². The first kappa shape index (κ1) is 9.53. The monoisotopic (exact) mass is 150 g/mol. The van der Waals surface area contributed by atoms with Gasteiger partial charge in [-0.15, -0.1) is 0 Å². The van der Waals surface area contributed by atoms with Crippen LogP contribution >= 0.6 is 0 Å². The molecule has 0 aliphatic heterocycles. The number of halogens is 4. The Hall–Kier alpha value is 0.239. The van der Waals surface area contributed by atoms with Crippen molar-refractivity contribution in [3.8, 4) is 0 Å². The molecule has 0 unspecified atom stereocenters. The van der Waals surface area contributed by atoms with Crippen LogP contribution in [0.1, 0.15) is 0 Å². The van der Waals surface area contributed by atoms with E-state index in [2.05, 4.69) is 16.5 Å². The van der Waals surface area contributed by atoms with Gasteiger partial charge in [0.05, 0.1) is 0 Å². The predicted octanol–water partition coefficient (Wildman–Crippen LogP) is 1.76. The summed E-state index contributed by atoms with van der Waals surface area (Å²) in [6.45, 7) is -3.08. The summed E-state index contributed by atoms with van der Waals surface area (Å²) in [7, 11) is 0. The summed E-state index contributed by atoms with van der Waals surface area (Å²) in [4.78, 5) is 0. The molecule has 0 aliphatic carbocycles. The zero-order valence-electron chi connectivity index (χ0n) is 2.31. The van der Waals surface area contributed by atoms with Gasteiger partial charge in [0.2, 0.25) is 0 Å². The second-order valence-corrected chi connectivity index (χ2v) is 0.214. The van der Waals surface area contributed by atoms with Crippen molar-refractivity contribution in [1.82, 2.24) is 0 Å². The summed E-state index contributed by atoms with van der Waals surface area (Å²) in [5.41, 5.74) is 0. The Morgan fingerprint density at radius 1 is 1.00 bits per heavy atom. The molecule has 0 nitrogen and oxygen atoms in total. The predicted molar refractivity (Wildman–Crippen MR) is 7.68 cm³/mol. The Balaban J connectivity index is 0. The fourth-order valence-corrected chi connectivity index (χ4v) is 0. The van der Waals surface area contributed by atoms with Crippen molar-refractivity contribution in [2.45, 2.75) is 0 Å². The van der Waals surface area contributed by atoms with Crippen LogP contribution in [0.4, 0.5) is 16.7 Å². The Morgan fingerprint density at radius 2 is 1.00 bits per heavy atom. The van der Waals surface area contributed by atoms with Gasteiger partial charge in [-0.25, -0.2) is 0 Å². The van der Waals surface area contributed by atoms with E-state index in [-0.39, 0.29) is 0 Å². The van der Waals surface area contributed by atoms with E-state index in [1.807, 2.05) is 0 Å². The van der Waals surface area contributed by atoms with E-state index in [9.17, 15) is 13.2 Å². The van der Waals surface area contributed by atoms with Crippen molar-refractivity contribution in [1.29, 1.82) is 0 Å². The fourth-order valence-electron chi connectivity index (χ4n) is 0. The van der Waals surface area contributed by atoms with Crippen LogP contribution in [0.15, 0.2) is 0 Å². The van der Waals surface area contributed by atoms with Crippen LogP contribution in [0, 0.1) is 6.68 Å². The molecule has 0 aliphatic rings. The second-order valence-electron chi connectivity index (χ2n) is 0.214. The van der Waals surface area contributed by atoms with Gasteiger partial charge >= 0.3 is 20.0 Å². The molecule has 0 heterocycles. The van der Waals surface area contributed by atoms with Crippen LogP contribution in [-0.2, 0) is 16.5 Å². The molecule has 0 rings (SSSR count). The van der Waals surface area contributed by atoms with E-state index in [1.165, 1.54) is 0 Å². The van der Waals surface area contributed by atoms with Gasteiger partial charge in [-0.2, -0.15) is 0 Å². The maximum absolute atomic E-state index is 9.58. The molecule has 0 aromatic heterocycles. The van der Waals surface area contributed by atoms with Crippen molar-refractivity contribution in [3.05, 3.63) is 6.68 Å². The molecular formula is CCuF4. The number of rotatable bonds is 0. The van der Waals surface area contributed by atoms with Gasteiger partial charge in [-0.3, -0.25) is 0 Å². The van der Waals surface area contributed by atoms with Crippen molar-refractivity contribution in [2.24, 2.45) is 0 Å². The summed E-state index contributed by atoms with van der Waals surface area (Å²) in [6, 6.07) is 0. The van der Waals surface area contributed by atoms with Crippen LogP contribution in [0.2, 0.25) is 0 Å². The third-order valence-electron chi connectivity index (χ3n) is 0. The van der Waals surface area contributed by atoms with Gasteiger partial charge in [0.1, 0.15) is 0 Å². The number of hydrogen-bond donors (Lipinski definition) is 0. The van der Waals surface area contributed by atoms with Gasteiger partial charge < -0.3 is 13.2 Å². The van der Waals surface area contributed by atoms with E-state index in [0.29, 0.717) is 0 Å². The molecule has 0 aromatic rings. The standard InChI is InChI=1S/CF3.Cu.FH/c2-1(3)4;;/h;;1H/q-1;+2;/p-1/i;;1-1. The van der Waals surface area contributed by atoms with Crippen LogP contribution in [-0.4, -0.2) is 0 Å². The van der Waals surface area contributed by atoms with E-state index in [1.54, 1.807) is 0 Å². The van der Waals surface area contributed by atoms with Gasteiger partial charge in [-0.1, -0.05) is 0 Å². The Bertz CT molecular complexity index is 12.3. The number of hydrogen-bond acceptors (Lipinski definition) is 0. The van der Waals surface area contributed by atoms with Crippen molar-refractivity contribution in [3.63, 3.8) is 0 Å². The van der Waals surface area contributed by atoms with Gasteiger partial charge in [-0.05, 0) is 0 Å². The summed E-state index contributed by atoms with van der Waals surface area (Å²) in [6.07, 6.45) is 0. The first-order valence-electron chi connectivity index (χ1n) is 0.681. The molecule has 5 heteroatoms. The van der Waals surface area contributed by atoms with E-state index in [0.717, 1.165) is 0 Å². The topological polar surface area (TPSA) is 0 Å². The molecular weight excluding hydrogens is 151 g/mol. The molecule has 0 N–H and O–H groups in total. The summed E-state index contributed by atoms with van der Waals surface area (Å²) in [5.74, 6) is 0. The molecule has 0 radical (unpaired) electrons. The average molecular weight is 151 g/mol. The fraction of sp³-hybridized carbons (Fsp3) is 0. The van der Waals surface area contributed by atoms with E-state index < -0.39 is 6.68 Å². The van der Waals surface area contributed by atoms with E-state index in [4.69, 9.17) is 3.55 Å². The molecule has 0 saturated carbocycles. The Kier molecular flexibility index (Phi) is 14.3. The molecule has 0 bridgehead atoms. The molecule has 0 aromatic carbocycles. The molecule has 0 saturated heterocycles. The summed E-state index contributed by atoms with van der Waals surface area (Å²) in [5, 5.41) is 0. The average Bonchev–Trinajstić information content (AvgIpc) is 1.41. The maximum atomic E-state index is 9.58. The van der Waals surface area contributed by atoms with Crippen LogP contribution in [0.3, 0.4) is 0 Å². The minimum absolute atomic E-state index is 2.69. The molecule has 43 valence electrons. The Labute approximate surface area is 40.8 Å². The van der Waals surface area contributed by atoms with Gasteiger partial charge in [0.25, 0.3) is 0 Å². The van der Waals surface area contributed by atoms with Crippen molar-refractivity contribution >= 4 is 0 Å². The van der Waals surface area contributed by atoms with Crippen LogP contribution < -0.4 is 0 Å². The van der Waals surface area contributed by atoms with E-state index >= 15 is 0 Å². The van der Waals surface area contributed by atoms with Gasteiger partial charge in [0, 0.05) is 0 Å². The summed E-state index contributed by atoms with van der Waals surface area (Å²) >= 11 is 2.69. The van der Waals surface area contributed by atoms with Crippen molar-refractivity contribution in [2.75, 3.05) is 0 Å². The third kappa shape index (κ3) is 776. The quantitative estimate of drug-likeness (QED) is 0.281. The second kappa shape index (κ2) is 8.97. The normalized spacial score (nSPS) is 7.17. The Morgan fingerprint density at radius 3 is 1.00 bits per heavy atom. The van der Waals surface area contributed by atoms with Crippen molar-refractivity contribution < 1.29 is 33.2 Å². The first-order valence-corrected chi connectivity index (χ1v) is 1.04. The molecule has 0 spiro atoms. The minimum atomic E-state index is -3.08. The molecule has 0 fully saturated rings. The van der Waals surface area contributed by atoms with Gasteiger partial charge in [0.15, 0.2) is 6.68 Å². The zero-order valence-corrected chi connectivity index (χ0v) is 3.26. The molecule has 6 heavy (non-hydrogen) atoms. The van der Waals surface area contributed by atoms with Crippen LogP contribution in [0.25, 0.3) is 0 Å². The summed E-state index contributed by atoms with van der Waals surface area (Å²) < 4.78 is 37.8. The molecule has 0 atom stereocenters. The first-order chi connectivity index (χ1) is 2.73. The third-order valence-corrected chi connectivity index (χ3v) is 0. The zero-order chi connectivity index (χ0) is 5.58. The SMILES string of the molecule is F[C-](F)F.[18F][Cu+]. The molecule has 0 amide bonds.